The van der Waals surface area contributed by atoms with E-state index in [1.165, 1.54) is 24.3 Å². The Morgan fingerprint density at radius 2 is 1.32 bits per heavy atom. The molecule has 41 heavy (non-hydrogen) atoms. The van der Waals surface area contributed by atoms with Crippen molar-refractivity contribution in [2.24, 2.45) is 0 Å². The SMILES string of the molecule is Cc1ccc(OS(=O)ON2C(=O)CCC2=O)cc1.O=C1c2cccc3cccc(c23)C(=O)N1OS(=O)(=O)C(F)(F)F. The number of halogens is 3. The largest absolute Gasteiger partial charge is 0.525 e. The van der Waals surface area contributed by atoms with Gasteiger partial charge in [0.05, 0.1) is 11.1 Å². The van der Waals surface area contributed by atoms with E-state index in [0.29, 0.717) is 16.2 Å². The Labute approximate surface area is 232 Å². The summed E-state index contributed by atoms with van der Waals surface area (Å²) in [5.41, 5.74) is -5.00. The smallest absolute Gasteiger partial charge is 0.379 e. The summed E-state index contributed by atoms with van der Waals surface area (Å²) in [7, 11) is -6.15. The summed E-state index contributed by atoms with van der Waals surface area (Å²) in [6, 6.07) is 15.4. The molecule has 0 bridgehead atoms. The molecule has 2 aliphatic rings. The second-order valence-electron chi connectivity index (χ2n) is 8.35. The van der Waals surface area contributed by atoms with Crippen molar-refractivity contribution in [1.82, 2.24) is 10.1 Å². The lowest BCUT2D eigenvalue weighted by molar-refractivity contribution is -0.163. The van der Waals surface area contributed by atoms with E-state index in [-0.39, 0.29) is 34.4 Å². The number of hydrogen-bond acceptors (Lipinski definition) is 10. The van der Waals surface area contributed by atoms with E-state index in [0.717, 1.165) is 5.56 Å². The van der Waals surface area contributed by atoms with Gasteiger partial charge in [-0.2, -0.15) is 25.8 Å². The fraction of sp³-hybridized carbons (Fsp3) is 0.167. The summed E-state index contributed by atoms with van der Waals surface area (Å²) < 4.78 is 84.1. The van der Waals surface area contributed by atoms with Crippen LogP contribution in [0.1, 0.15) is 39.1 Å². The molecule has 0 spiro atoms. The maximum absolute atomic E-state index is 12.4. The number of hydroxylamine groups is 4. The standard InChI is InChI=1S/C13H6F3NO5S.C11H11NO5S/c14-13(15,16)23(20,21)22-17-11(18)8-5-1-3-7-4-2-6-9(10(7)8)12(17)19;1-8-2-4-9(5-3-8)16-18(15)17-12-10(13)6-7-11(12)14/h1-6H;2-5H,6-7H2,1H3. The van der Waals surface area contributed by atoms with E-state index in [2.05, 4.69) is 8.57 Å². The van der Waals surface area contributed by atoms with Crippen LogP contribution >= 0.6 is 0 Å². The maximum atomic E-state index is 12.4. The molecule has 3 aromatic carbocycles. The number of aryl methyl sites for hydroxylation is 1. The van der Waals surface area contributed by atoms with Gasteiger partial charge in [0.1, 0.15) is 5.75 Å². The molecule has 0 radical (unpaired) electrons. The van der Waals surface area contributed by atoms with Gasteiger partial charge >= 0.3 is 27.0 Å². The second kappa shape index (κ2) is 11.4. The van der Waals surface area contributed by atoms with Crippen LogP contribution in [0.25, 0.3) is 10.8 Å². The Kier molecular flexibility index (Phi) is 8.25. The van der Waals surface area contributed by atoms with Crippen LogP contribution < -0.4 is 4.18 Å². The highest BCUT2D eigenvalue weighted by molar-refractivity contribution is 7.87. The molecule has 0 aromatic heterocycles. The topological polar surface area (TPSA) is 154 Å². The van der Waals surface area contributed by atoms with Crippen molar-refractivity contribution >= 4 is 55.9 Å². The number of imide groups is 2. The first-order valence-corrected chi connectivity index (χ1v) is 13.7. The molecule has 5 rings (SSSR count). The van der Waals surface area contributed by atoms with Gasteiger partial charge in [0.15, 0.2) is 0 Å². The molecule has 1 unspecified atom stereocenters. The predicted octanol–water partition coefficient (Wildman–Crippen LogP) is 3.25. The number of amides is 4. The van der Waals surface area contributed by atoms with E-state index in [1.54, 1.807) is 36.4 Å². The number of hydrogen-bond donors (Lipinski definition) is 0. The lowest BCUT2D eigenvalue weighted by Gasteiger charge is -2.25. The van der Waals surface area contributed by atoms with Gasteiger partial charge in [-0.1, -0.05) is 42.0 Å². The second-order valence-corrected chi connectivity index (χ2v) is 10.6. The summed E-state index contributed by atoms with van der Waals surface area (Å²) in [6.07, 6.45) is 0.140. The Morgan fingerprint density at radius 3 is 1.80 bits per heavy atom. The molecule has 4 amide bonds. The summed E-state index contributed by atoms with van der Waals surface area (Å²) in [6.45, 7) is 1.90. The molecule has 1 saturated heterocycles. The van der Waals surface area contributed by atoms with Crippen molar-refractivity contribution in [3.63, 3.8) is 0 Å². The number of benzene rings is 3. The Balaban J connectivity index is 0.000000195. The van der Waals surface area contributed by atoms with Crippen LogP contribution in [0.5, 0.6) is 5.75 Å². The van der Waals surface area contributed by atoms with Crippen LogP contribution in [-0.4, -0.2) is 51.9 Å². The van der Waals surface area contributed by atoms with Crippen LogP contribution in [-0.2, 0) is 39.6 Å². The highest BCUT2D eigenvalue weighted by Gasteiger charge is 2.51. The van der Waals surface area contributed by atoms with Crippen LogP contribution in [0, 0.1) is 6.92 Å². The first-order chi connectivity index (χ1) is 19.2. The number of carbonyl (C=O) groups excluding carboxylic acids is 4. The molecule has 2 heterocycles. The first-order valence-electron chi connectivity index (χ1n) is 11.3. The lowest BCUT2D eigenvalue weighted by atomic mass is 9.95. The molecular weight excluding hydrogens is 597 g/mol. The summed E-state index contributed by atoms with van der Waals surface area (Å²) >= 11 is -2.22. The summed E-state index contributed by atoms with van der Waals surface area (Å²) in [4.78, 5) is 46.7. The van der Waals surface area contributed by atoms with E-state index < -0.39 is 50.6 Å². The minimum atomic E-state index is -6.15. The highest BCUT2D eigenvalue weighted by atomic mass is 32.2. The van der Waals surface area contributed by atoms with E-state index in [4.69, 9.17) is 4.18 Å². The number of alkyl halides is 3. The average Bonchev–Trinajstić information content (AvgIpc) is 3.22. The molecule has 17 heteroatoms. The van der Waals surface area contributed by atoms with Crippen molar-refractivity contribution in [3.05, 3.63) is 77.4 Å². The molecular formula is C24H17F3N2O10S2. The van der Waals surface area contributed by atoms with E-state index in [9.17, 15) is 45.0 Å². The summed E-state index contributed by atoms with van der Waals surface area (Å²) in [5.74, 6) is -3.26. The van der Waals surface area contributed by atoms with Gasteiger partial charge in [-0.3, -0.25) is 19.2 Å². The van der Waals surface area contributed by atoms with Gasteiger partial charge in [0.2, 0.25) is 0 Å². The molecule has 0 saturated carbocycles. The number of carbonyl (C=O) groups is 4. The average molecular weight is 615 g/mol. The monoisotopic (exact) mass is 614 g/mol. The van der Waals surface area contributed by atoms with E-state index in [1.807, 2.05) is 6.92 Å². The van der Waals surface area contributed by atoms with Gasteiger partial charge in [-0.25, -0.2) is 0 Å². The molecule has 1 fully saturated rings. The molecule has 3 aromatic rings. The van der Waals surface area contributed by atoms with E-state index >= 15 is 0 Å². The quantitative estimate of drug-likeness (QED) is 0.299. The third-order valence-electron chi connectivity index (χ3n) is 5.52. The Morgan fingerprint density at radius 1 is 0.805 bits per heavy atom. The maximum Gasteiger partial charge on any atom is 0.525 e. The fourth-order valence-corrected chi connectivity index (χ4v) is 4.61. The van der Waals surface area contributed by atoms with Crippen molar-refractivity contribution < 1.29 is 57.7 Å². The number of rotatable bonds is 6. The molecule has 2 aliphatic heterocycles. The zero-order chi connectivity index (χ0) is 30.1. The van der Waals surface area contributed by atoms with Crippen LogP contribution in [0.15, 0.2) is 60.7 Å². The molecule has 0 N–H and O–H groups in total. The number of nitrogens with zero attached hydrogens (tertiary/aromatic N) is 2. The minimum Gasteiger partial charge on any atom is -0.379 e. The van der Waals surface area contributed by atoms with Crippen molar-refractivity contribution in [1.29, 1.82) is 0 Å². The third kappa shape index (κ3) is 6.27. The minimum absolute atomic E-state index is 0.0700. The van der Waals surface area contributed by atoms with Gasteiger partial charge < -0.3 is 4.18 Å². The fourth-order valence-electron chi connectivity index (χ4n) is 3.60. The van der Waals surface area contributed by atoms with Gasteiger partial charge in [0, 0.05) is 18.2 Å². The highest BCUT2D eigenvalue weighted by Crippen LogP contribution is 2.33. The first kappa shape index (κ1) is 29.8. The van der Waals surface area contributed by atoms with Crippen molar-refractivity contribution in [3.8, 4) is 5.75 Å². The molecule has 0 aliphatic carbocycles. The summed E-state index contributed by atoms with van der Waals surface area (Å²) in [5, 5.41) is 0.846. The van der Waals surface area contributed by atoms with Gasteiger partial charge in [-0.05, 0) is 36.6 Å². The lowest BCUT2D eigenvalue weighted by Crippen LogP contribution is -2.44. The molecule has 216 valence electrons. The zero-order valence-electron chi connectivity index (χ0n) is 20.6. The Hall–Kier alpha value is -4.19. The van der Waals surface area contributed by atoms with Crippen LogP contribution in [0.2, 0.25) is 0 Å². The normalized spacial score (nSPS) is 16.1. The van der Waals surface area contributed by atoms with Gasteiger partial charge in [-0.15, -0.1) is 18.7 Å². The van der Waals surface area contributed by atoms with Crippen LogP contribution in [0.3, 0.4) is 0 Å². The van der Waals surface area contributed by atoms with Crippen molar-refractivity contribution in [2.75, 3.05) is 0 Å². The third-order valence-corrected chi connectivity index (χ3v) is 7.03. The molecule has 12 nitrogen and oxygen atoms in total. The molecule has 1 atom stereocenters. The predicted molar refractivity (Wildman–Crippen MR) is 133 cm³/mol. The van der Waals surface area contributed by atoms with Gasteiger partial charge in [0.25, 0.3) is 23.6 Å². The zero-order valence-corrected chi connectivity index (χ0v) is 22.2. The van der Waals surface area contributed by atoms with Crippen molar-refractivity contribution in [2.45, 2.75) is 25.3 Å². The Bertz CT molecular complexity index is 1630. The van der Waals surface area contributed by atoms with Crippen LogP contribution in [0.4, 0.5) is 13.2 Å².